The highest BCUT2D eigenvalue weighted by atomic mass is 16.5. The first kappa shape index (κ1) is 27.4. The number of rotatable bonds is 4. The van der Waals surface area contributed by atoms with Crippen molar-refractivity contribution >= 4 is 65.9 Å². The third-order valence-electron chi connectivity index (χ3n) is 10.5. The second-order valence-corrected chi connectivity index (χ2v) is 13.2. The van der Waals surface area contributed by atoms with E-state index in [1.807, 2.05) is 6.07 Å². The monoisotopic (exact) mass is 642 g/mol. The first-order valence-corrected chi connectivity index (χ1v) is 17.2. The van der Waals surface area contributed by atoms with Gasteiger partial charge in [0.1, 0.15) is 17.4 Å². The van der Waals surface area contributed by atoms with Crippen LogP contribution >= 0.6 is 0 Å². The minimum absolute atomic E-state index is 0.0996. The van der Waals surface area contributed by atoms with Gasteiger partial charge in [-0.25, -0.2) is 0 Å². The summed E-state index contributed by atoms with van der Waals surface area (Å²) in [7, 11) is 0. The van der Waals surface area contributed by atoms with Gasteiger partial charge in [-0.3, -0.25) is 0 Å². The maximum atomic E-state index is 6.81. The van der Waals surface area contributed by atoms with Crippen LogP contribution in [0.15, 0.2) is 180 Å². The number of hydrogen-bond acceptors (Lipinski definition) is 3. The fourth-order valence-corrected chi connectivity index (χ4v) is 8.30. The second-order valence-electron chi connectivity index (χ2n) is 13.2. The molecule has 0 amide bonds. The molecule has 11 rings (SSSR count). The predicted octanol–water partition coefficient (Wildman–Crippen LogP) is 12.0. The number of para-hydroxylation sites is 4. The molecule has 0 bridgehead atoms. The number of aromatic nitrogens is 1. The molecule has 3 heterocycles. The average molecular weight is 643 g/mol. The molecule has 2 aromatic heterocycles. The van der Waals surface area contributed by atoms with Crippen LogP contribution in [-0.4, -0.2) is 10.7 Å². The number of benzene rings is 7. The van der Waals surface area contributed by atoms with Crippen molar-refractivity contribution in [1.82, 2.24) is 4.57 Å². The maximum absolute atomic E-state index is 6.81. The SMILES string of the molecule is C1=CC2c3ccccc3OC2C=C1N(c1ccc2c(c1)c1ccccc1n2-c1ccccc1)c1cccc2c1oc1ccc3ccccc3c12. The van der Waals surface area contributed by atoms with Gasteiger partial charge in [0.15, 0.2) is 5.58 Å². The summed E-state index contributed by atoms with van der Waals surface area (Å²) in [4.78, 5) is 2.35. The molecule has 2 unspecified atom stereocenters. The van der Waals surface area contributed by atoms with Crippen molar-refractivity contribution in [3.05, 3.63) is 181 Å². The fourth-order valence-electron chi connectivity index (χ4n) is 8.30. The molecule has 0 spiro atoms. The van der Waals surface area contributed by atoms with E-state index in [9.17, 15) is 0 Å². The minimum Gasteiger partial charge on any atom is -0.485 e. The van der Waals surface area contributed by atoms with E-state index in [4.69, 9.17) is 9.15 Å². The number of allylic oxidation sites excluding steroid dienone is 1. The quantitative estimate of drug-likeness (QED) is 0.191. The van der Waals surface area contributed by atoms with Gasteiger partial charge in [-0.1, -0.05) is 103 Å². The van der Waals surface area contributed by atoms with E-state index >= 15 is 0 Å². The van der Waals surface area contributed by atoms with E-state index in [-0.39, 0.29) is 12.0 Å². The number of anilines is 2. The van der Waals surface area contributed by atoms with Crippen LogP contribution in [0.3, 0.4) is 0 Å². The molecule has 0 fully saturated rings. The van der Waals surface area contributed by atoms with E-state index in [1.165, 1.54) is 32.6 Å². The molecule has 4 heteroatoms. The van der Waals surface area contributed by atoms with Crippen LogP contribution in [0.4, 0.5) is 11.4 Å². The van der Waals surface area contributed by atoms with Gasteiger partial charge in [0.25, 0.3) is 0 Å². The highest BCUT2D eigenvalue weighted by molar-refractivity contribution is 6.21. The number of furan rings is 1. The Labute approximate surface area is 288 Å². The molecule has 2 aliphatic rings. The van der Waals surface area contributed by atoms with Crippen LogP contribution in [0, 0.1) is 0 Å². The van der Waals surface area contributed by atoms with Gasteiger partial charge in [-0.15, -0.1) is 0 Å². The standard InChI is InChI=1S/C46H30N2O2/c1-2-12-30(13-3-1)48-39-18-8-6-15-34(39)38-27-31(23-25-40(38)48)47(32-22-24-36-35-16-7-9-20-42(35)49-44(36)28-32)41-19-10-17-37-45-33-14-5-4-11-29(33)21-26-43(45)50-46(37)41/h1-28,36,44H. The number of fused-ring (bicyclic) bond motifs is 11. The topological polar surface area (TPSA) is 30.5 Å². The van der Waals surface area contributed by atoms with Crippen LogP contribution < -0.4 is 9.64 Å². The van der Waals surface area contributed by atoms with E-state index in [2.05, 4.69) is 173 Å². The Morgan fingerprint density at radius 3 is 2.32 bits per heavy atom. The van der Waals surface area contributed by atoms with Crippen molar-refractivity contribution < 1.29 is 9.15 Å². The summed E-state index contributed by atoms with van der Waals surface area (Å²) in [5, 5.41) is 7.04. The van der Waals surface area contributed by atoms with Gasteiger partial charge in [0, 0.05) is 50.1 Å². The van der Waals surface area contributed by atoms with Crippen LogP contribution in [0.25, 0.3) is 60.2 Å². The number of nitrogens with zero attached hydrogens (tertiary/aromatic N) is 2. The molecule has 0 saturated carbocycles. The minimum atomic E-state index is -0.0996. The smallest absolute Gasteiger partial charge is 0.159 e. The van der Waals surface area contributed by atoms with Crippen molar-refractivity contribution in [3.63, 3.8) is 0 Å². The third kappa shape index (κ3) is 3.93. The summed E-state index contributed by atoms with van der Waals surface area (Å²) in [6.07, 6.45) is 6.72. The zero-order valence-corrected chi connectivity index (χ0v) is 27.0. The molecule has 0 saturated heterocycles. The van der Waals surface area contributed by atoms with Gasteiger partial charge in [0.2, 0.25) is 0 Å². The number of hydrogen-bond donors (Lipinski definition) is 0. The van der Waals surface area contributed by atoms with Gasteiger partial charge in [-0.2, -0.15) is 0 Å². The van der Waals surface area contributed by atoms with Crippen molar-refractivity contribution in [2.45, 2.75) is 12.0 Å². The predicted molar refractivity (Wildman–Crippen MR) is 205 cm³/mol. The Balaban J connectivity index is 1.16. The van der Waals surface area contributed by atoms with Crippen LogP contribution in [0.5, 0.6) is 5.75 Å². The zero-order chi connectivity index (χ0) is 32.8. The lowest BCUT2D eigenvalue weighted by Crippen LogP contribution is -2.24. The molecule has 236 valence electrons. The first-order valence-electron chi connectivity index (χ1n) is 17.2. The molecule has 9 aromatic rings. The van der Waals surface area contributed by atoms with Crippen LogP contribution in [0.1, 0.15) is 11.5 Å². The maximum Gasteiger partial charge on any atom is 0.159 e. The van der Waals surface area contributed by atoms with Crippen molar-refractivity contribution in [2.24, 2.45) is 0 Å². The zero-order valence-electron chi connectivity index (χ0n) is 27.0. The highest BCUT2D eigenvalue weighted by Gasteiger charge is 2.35. The van der Waals surface area contributed by atoms with Gasteiger partial charge in [0.05, 0.1) is 16.7 Å². The van der Waals surface area contributed by atoms with E-state index in [0.717, 1.165) is 56.0 Å². The summed E-state index contributed by atoms with van der Waals surface area (Å²) in [5.74, 6) is 1.13. The summed E-state index contributed by atoms with van der Waals surface area (Å²) in [5.41, 5.74) is 9.55. The van der Waals surface area contributed by atoms with Crippen LogP contribution in [0.2, 0.25) is 0 Å². The Bertz CT molecular complexity index is 2870. The Morgan fingerprint density at radius 2 is 1.38 bits per heavy atom. The molecular weight excluding hydrogens is 613 g/mol. The molecular formula is C46H30N2O2. The molecule has 1 aliphatic heterocycles. The van der Waals surface area contributed by atoms with Crippen molar-refractivity contribution in [2.75, 3.05) is 4.90 Å². The first-order chi connectivity index (χ1) is 24.8. The van der Waals surface area contributed by atoms with Gasteiger partial charge >= 0.3 is 0 Å². The molecule has 4 nitrogen and oxygen atoms in total. The fraction of sp³-hybridized carbons (Fsp3) is 0.0435. The second kappa shape index (κ2) is 10.5. The van der Waals surface area contributed by atoms with Gasteiger partial charge in [-0.05, 0) is 77.5 Å². The molecule has 50 heavy (non-hydrogen) atoms. The Kier molecular flexibility index (Phi) is 5.75. The summed E-state index contributed by atoms with van der Waals surface area (Å²) >= 11 is 0. The van der Waals surface area contributed by atoms with E-state index in [1.54, 1.807) is 0 Å². The largest absolute Gasteiger partial charge is 0.485 e. The van der Waals surface area contributed by atoms with Gasteiger partial charge < -0.3 is 18.6 Å². The lowest BCUT2D eigenvalue weighted by atomic mass is 9.90. The van der Waals surface area contributed by atoms with E-state index in [0.29, 0.717) is 0 Å². The molecule has 7 aromatic carbocycles. The Hall–Kier alpha value is -6.52. The lowest BCUT2D eigenvalue weighted by molar-refractivity contribution is 0.267. The van der Waals surface area contributed by atoms with Crippen LogP contribution in [-0.2, 0) is 0 Å². The molecule has 1 aliphatic carbocycles. The van der Waals surface area contributed by atoms with Crippen molar-refractivity contribution in [1.29, 1.82) is 0 Å². The number of ether oxygens (including phenoxy) is 1. The summed E-state index contributed by atoms with van der Waals surface area (Å²) < 4.78 is 15.7. The normalized spacial score (nSPS) is 16.6. The lowest BCUT2D eigenvalue weighted by Gasteiger charge is -2.30. The Morgan fingerprint density at radius 1 is 0.600 bits per heavy atom. The molecule has 2 atom stereocenters. The molecule has 0 N–H and O–H groups in total. The van der Waals surface area contributed by atoms with E-state index < -0.39 is 0 Å². The highest BCUT2D eigenvalue weighted by Crippen LogP contribution is 2.47. The summed E-state index contributed by atoms with van der Waals surface area (Å²) in [6, 6.07) is 53.8. The third-order valence-corrected chi connectivity index (χ3v) is 10.5. The average Bonchev–Trinajstić information content (AvgIpc) is 3.85. The summed E-state index contributed by atoms with van der Waals surface area (Å²) in [6.45, 7) is 0. The van der Waals surface area contributed by atoms with Crippen molar-refractivity contribution in [3.8, 4) is 11.4 Å². The molecule has 0 radical (unpaired) electrons.